The molecule has 1 aromatic heterocycles. The van der Waals surface area contributed by atoms with Crippen molar-refractivity contribution in [3.63, 3.8) is 0 Å². The number of amides is 1. The number of halogens is 1. The number of carbonyl (C=O) groups is 1. The van der Waals surface area contributed by atoms with Crippen LogP contribution in [0.15, 0.2) is 48.7 Å². The molecule has 3 aromatic rings. The van der Waals surface area contributed by atoms with Crippen molar-refractivity contribution < 1.29 is 9.90 Å². The maximum Gasteiger partial charge on any atom is 0.228 e. The summed E-state index contributed by atoms with van der Waals surface area (Å²) in [4.78, 5) is 15.2. The maximum absolute atomic E-state index is 12.1. The van der Waals surface area contributed by atoms with Gasteiger partial charge in [-0.2, -0.15) is 0 Å². The Kier molecular flexibility index (Phi) is 3.54. The fourth-order valence-electron chi connectivity index (χ4n) is 2.25. The van der Waals surface area contributed by atoms with E-state index in [4.69, 9.17) is 11.6 Å². The van der Waals surface area contributed by atoms with Crippen LogP contribution in [0.4, 0.5) is 5.69 Å². The van der Waals surface area contributed by atoms with E-state index < -0.39 is 0 Å². The van der Waals surface area contributed by atoms with Crippen molar-refractivity contribution in [3.8, 4) is 5.75 Å². The number of aromatic hydroxyl groups is 1. The lowest BCUT2D eigenvalue weighted by molar-refractivity contribution is -0.115. The lowest BCUT2D eigenvalue weighted by Gasteiger charge is -2.07. The molecule has 0 aliphatic heterocycles. The van der Waals surface area contributed by atoms with Gasteiger partial charge in [0.1, 0.15) is 5.75 Å². The third kappa shape index (κ3) is 2.85. The Morgan fingerprint density at radius 3 is 2.90 bits per heavy atom. The van der Waals surface area contributed by atoms with E-state index in [2.05, 4.69) is 10.3 Å². The van der Waals surface area contributed by atoms with Crippen LogP contribution in [-0.2, 0) is 11.2 Å². The number of aromatic nitrogens is 1. The van der Waals surface area contributed by atoms with Crippen molar-refractivity contribution in [2.45, 2.75) is 6.42 Å². The number of aromatic amines is 1. The molecule has 0 saturated carbocycles. The van der Waals surface area contributed by atoms with Crippen LogP contribution in [0.1, 0.15) is 5.56 Å². The summed E-state index contributed by atoms with van der Waals surface area (Å²) in [5, 5.41) is 13.8. The van der Waals surface area contributed by atoms with Gasteiger partial charge in [0.25, 0.3) is 0 Å². The number of hydrogen-bond donors (Lipinski definition) is 3. The standard InChI is InChI=1S/C16H13ClN2O2/c17-11-5-6-15(20)14(8-11)19-16(21)7-10-9-18-13-4-2-1-3-12(10)13/h1-6,8-9,18,20H,7H2,(H,19,21). The number of phenols is 1. The van der Waals surface area contributed by atoms with Gasteiger partial charge in [0.05, 0.1) is 12.1 Å². The maximum atomic E-state index is 12.1. The Balaban J connectivity index is 1.79. The summed E-state index contributed by atoms with van der Waals surface area (Å²) in [6, 6.07) is 12.3. The van der Waals surface area contributed by atoms with Crippen LogP contribution in [-0.4, -0.2) is 16.0 Å². The first kappa shape index (κ1) is 13.5. The van der Waals surface area contributed by atoms with Gasteiger partial charge in [0, 0.05) is 22.1 Å². The average molecular weight is 301 g/mol. The summed E-state index contributed by atoms with van der Waals surface area (Å²) in [6.45, 7) is 0. The van der Waals surface area contributed by atoms with Crippen molar-refractivity contribution in [1.29, 1.82) is 0 Å². The Hall–Kier alpha value is -2.46. The van der Waals surface area contributed by atoms with Crippen LogP contribution in [0.2, 0.25) is 5.02 Å². The SMILES string of the molecule is O=C(Cc1c[nH]c2ccccc12)Nc1cc(Cl)ccc1O. The van der Waals surface area contributed by atoms with E-state index in [1.165, 1.54) is 12.1 Å². The zero-order valence-electron chi connectivity index (χ0n) is 11.1. The fourth-order valence-corrected chi connectivity index (χ4v) is 2.43. The van der Waals surface area contributed by atoms with Crippen molar-refractivity contribution in [2.24, 2.45) is 0 Å². The molecule has 0 saturated heterocycles. The summed E-state index contributed by atoms with van der Waals surface area (Å²) >= 11 is 5.85. The van der Waals surface area contributed by atoms with Crippen molar-refractivity contribution >= 4 is 34.1 Å². The van der Waals surface area contributed by atoms with Gasteiger partial charge in [-0.3, -0.25) is 4.79 Å². The highest BCUT2D eigenvalue weighted by Gasteiger charge is 2.11. The molecular weight excluding hydrogens is 288 g/mol. The number of hydrogen-bond acceptors (Lipinski definition) is 2. The van der Waals surface area contributed by atoms with Crippen LogP contribution in [0.3, 0.4) is 0 Å². The number of phenolic OH excluding ortho intramolecular Hbond substituents is 1. The van der Waals surface area contributed by atoms with Crippen molar-refractivity contribution in [1.82, 2.24) is 4.98 Å². The van der Waals surface area contributed by atoms with Gasteiger partial charge in [-0.05, 0) is 29.8 Å². The molecule has 1 amide bonds. The Bertz CT molecular complexity index is 811. The molecule has 0 atom stereocenters. The van der Waals surface area contributed by atoms with Crippen LogP contribution in [0, 0.1) is 0 Å². The van der Waals surface area contributed by atoms with E-state index in [0.717, 1.165) is 16.5 Å². The largest absolute Gasteiger partial charge is 0.506 e. The summed E-state index contributed by atoms with van der Waals surface area (Å²) in [5.41, 5.74) is 2.21. The minimum absolute atomic E-state index is 0.00771. The molecular formula is C16H13ClN2O2. The highest BCUT2D eigenvalue weighted by atomic mass is 35.5. The van der Waals surface area contributed by atoms with E-state index >= 15 is 0 Å². The average Bonchev–Trinajstić information content (AvgIpc) is 2.86. The molecule has 4 nitrogen and oxygen atoms in total. The molecule has 21 heavy (non-hydrogen) atoms. The highest BCUT2D eigenvalue weighted by molar-refractivity contribution is 6.31. The number of para-hydroxylation sites is 1. The molecule has 106 valence electrons. The van der Waals surface area contributed by atoms with Gasteiger partial charge >= 0.3 is 0 Å². The molecule has 2 aromatic carbocycles. The molecule has 0 radical (unpaired) electrons. The van der Waals surface area contributed by atoms with Gasteiger partial charge in [0.2, 0.25) is 5.91 Å². The second kappa shape index (κ2) is 5.50. The minimum atomic E-state index is -0.211. The van der Waals surface area contributed by atoms with Crippen LogP contribution >= 0.6 is 11.6 Å². The molecule has 0 aliphatic carbocycles. The fraction of sp³-hybridized carbons (Fsp3) is 0.0625. The van der Waals surface area contributed by atoms with E-state index in [9.17, 15) is 9.90 Å². The smallest absolute Gasteiger partial charge is 0.228 e. The van der Waals surface area contributed by atoms with Gasteiger partial charge in [-0.1, -0.05) is 29.8 Å². The lowest BCUT2D eigenvalue weighted by atomic mass is 10.1. The molecule has 0 spiro atoms. The quantitative estimate of drug-likeness (QED) is 0.646. The topological polar surface area (TPSA) is 65.1 Å². The molecule has 1 heterocycles. The highest BCUT2D eigenvalue weighted by Crippen LogP contribution is 2.27. The number of rotatable bonds is 3. The third-order valence-electron chi connectivity index (χ3n) is 3.26. The van der Waals surface area contributed by atoms with Crippen LogP contribution < -0.4 is 5.32 Å². The van der Waals surface area contributed by atoms with E-state index in [0.29, 0.717) is 10.7 Å². The van der Waals surface area contributed by atoms with E-state index in [1.54, 1.807) is 6.07 Å². The summed E-state index contributed by atoms with van der Waals surface area (Å²) in [6.07, 6.45) is 2.04. The molecule has 0 unspecified atom stereocenters. The lowest BCUT2D eigenvalue weighted by Crippen LogP contribution is -2.14. The van der Waals surface area contributed by atoms with Gasteiger partial charge in [-0.15, -0.1) is 0 Å². The first-order chi connectivity index (χ1) is 10.1. The van der Waals surface area contributed by atoms with E-state index in [-0.39, 0.29) is 18.1 Å². The van der Waals surface area contributed by atoms with Crippen LogP contribution in [0.25, 0.3) is 10.9 Å². The number of anilines is 1. The number of carbonyl (C=O) groups excluding carboxylic acids is 1. The first-order valence-electron chi connectivity index (χ1n) is 6.47. The normalized spacial score (nSPS) is 10.7. The molecule has 0 aliphatic rings. The monoisotopic (exact) mass is 300 g/mol. The molecule has 5 heteroatoms. The zero-order valence-corrected chi connectivity index (χ0v) is 11.8. The van der Waals surface area contributed by atoms with E-state index in [1.807, 2.05) is 30.5 Å². The molecule has 0 bridgehead atoms. The third-order valence-corrected chi connectivity index (χ3v) is 3.49. The number of H-pyrrole nitrogens is 1. The number of nitrogens with one attached hydrogen (secondary N) is 2. The second-order valence-electron chi connectivity index (χ2n) is 4.75. The van der Waals surface area contributed by atoms with Crippen LogP contribution in [0.5, 0.6) is 5.75 Å². The second-order valence-corrected chi connectivity index (χ2v) is 5.18. The summed E-state index contributed by atoms with van der Waals surface area (Å²) in [7, 11) is 0. The Morgan fingerprint density at radius 2 is 2.05 bits per heavy atom. The Labute approximate surface area is 126 Å². The predicted octanol–water partition coefficient (Wildman–Crippen LogP) is 3.71. The Morgan fingerprint density at radius 1 is 1.24 bits per heavy atom. The van der Waals surface area contributed by atoms with Gasteiger partial charge < -0.3 is 15.4 Å². The predicted molar refractivity (Wildman–Crippen MR) is 83.7 cm³/mol. The summed E-state index contributed by atoms with van der Waals surface area (Å²) < 4.78 is 0. The number of fused-ring (bicyclic) bond motifs is 1. The number of benzene rings is 2. The van der Waals surface area contributed by atoms with Crippen molar-refractivity contribution in [3.05, 3.63) is 59.2 Å². The van der Waals surface area contributed by atoms with Gasteiger partial charge in [0.15, 0.2) is 0 Å². The molecule has 0 fully saturated rings. The zero-order chi connectivity index (χ0) is 14.8. The molecule has 3 N–H and O–H groups in total. The summed E-state index contributed by atoms with van der Waals surface area (Å²) in [5.74, 6) is -0.219. The van der Waals surface area contributed by atoms with Crippen molar-refractivity contribution in [2.75, 3.05) is 5.32 Å². The van der Waals surface area contributed by atoms with Gasteiger partial charge in [-0.25, -0.2) is 0 Å². The minimum Gasteiger partial charge on any atom is -0.506 e. The first-order valence-corrected chi connectivity index (χ1v) is 6.84. The molecule has 3 rings (SSSR count).